The summed E-state index contributed by atoms with van der Waals surface area (Å²) in [5, 5.41) is 12.5. The average Bonchev–Trinajstić information content (AvgIpc) is 3.40. The van der Waals surface area contributed by atoms with Gasteiger partial charge in [-0.15, -0.1) is 0 Å². The lowest BCUT2D eigenvalue weighted by atomic mass is 9.62. The van der Waals surface area contributed by atoms with E-state index in [1.165, 1.54) is 11.1 Å². The number of anilines is 1. The Morgan fingerprint density at radius 3 is 2.66 bits per heavy atom. The van der Waals surface area contributed by atoms with Gasteiger partial charge in [-0.2, -0.15) is 0 Å². The van der Waals surface area contributed by atoms with Crippen LogP contribution in [0.1, 0.15) is 86.1 Å². The van der Waals surface area contributed by atoms with E-state index in [0.29, 0.717) is 50.5 Å². The first-order valence-electron chi connectivity index (χ1n) is 17.0. The summed E-state index contributed by atoms with van der Waals surface area (Å²) in [6.07, 6.45) is 10.1. The van der Waals surface area contributed by atoms with Crippen molar-refractivity contribution in [1.82, 2.24) is 14.3 Å². The smallest absolute Gasteiger partial charge is 0.264 e. The van der Waals surface area contributed by atoms with Crippen molar-refractivity contribution in [3.63, 3.8) is 0 Å². The zero-order chi connectivity index (χ0) is 33.1. The summed E-state index contributed by atoms with van der Waals surface area (Å²) in [6.45, 7) is 5.35. The number of ether oxygens (including phenoxy) is 1. The number of hydrogen-bond donors (Lipinski definition) is 2. The van der Waals surface area contributed by atoms with Crippen LogP contribution in [-0.4, -0.2) is 53.9 Å². The number of benzene rings is 2. The zero-order valence-corrected chi connectivity index (χ0v) is 29.0. The number of halogens is 1. The monoisotopic (exact) mass is 680 g/mol. The Morgan fingerprint density at radius 1 is 1.09 bits per heavy atom. The molecular weight excluding hydrogens is 636 g/mol. The highest BCUT2D eigenvalue weighted by Gasteiger charge is 2.51. The Morgan fingerprint density at radius 2 is 1.91 bits per heavy atom. The standard InChI is InChI=1S/C36H45ClN4O5S/c1-23-6-4-15-36(43,34-38-16-17-40(34)3)30-11-8-27(30)20-41-21-35(14-5-7-25-18-28(37)10-12-29(25)35)22-46-32-13-9-26(19-31(32)41)33(42)39-47(44,45)24(23)2/h9-10,12-13,16-19,23-24,27,30,43H,4-8,11,14-15,20-22H2,1-3H3,(H,39,42)/t23-,24+,27-,30+,35-,36-/m0/s1. The number of imidazole rings is 1. The number of aliphatic hydroxyl groups is 1. The Bertz CT molecular complexity index is 1800. The van der Waals surface area contributed by atoms with Gasteiger partial charge in [-0.05, 0) is 118 Å². The first kappa shape index (κ1) is 32.5. The topological polar surface area (TPSA) is 114 Å². The highest BCUT2D eigenvalue weighted by Crippen LogP contribution is 2.51. The Balaban J connectivity index is 1.34. The lowest BCUT2D eigenvalue weighted by Gasteiger charge is -2.49. The Kier molecular flexibility index (Phi) is 8.36. The van der Waals surface area contributed by atoms with Crippen LogP contribution in [0.3, 0.4) is 0 Å². The predicted octanol–water partition coefficient (Wildman–Crippen LogP) is 5.73. The maximum absolute atomic E-state index is 13.5. The normalized spacial score (nSPS) is 32.3. The van der Waals surface area contributed by atoms with Crippen LogP contribution in [0.2, 0.25) is 5.02 Å². The molecular formula is C36H45ClN4O5S. The SMILES string of the molecule is C[C@@H]1[C@@H](C)CCC[C@@](O)(c2nccn2C)[C@@H]2CC[C@H]2CN2C[C@@]3(CCCc4cc(Cl)ccc43)COc3ccc(cc32)C(=O)NS1(=O)=O. The number of nitrogens with one attached hydrogen (secondary N) is 1. The van der Waals surface area contributed by atoms with E-state index in [0.717, 1.165) is 42.8 Å². The van der Waals surface area contributed by atoms with Crippen LogP contribution in [0.25, 0.3) is 0 Å². The van der Waals surface area contributed by atoms with Gasteiger partial charge in [0.1, 0.15) is 17.2 Å². The lowest BCUT2D eigenvalue weighted by molar-refractivity contribution is -0.102. The van der Waals surface area contributed by atoms with Gasteiger partial charge in [-0.1, -0.05) is 24.6 Å². The van der Waals surface area contributed by atoms with Gasteiger partial charge in [-0.25, -0.2) is 18.1 Å². The van der Waals surface area contributed by atoms with Crippen molar-refractivity contribution in [2.75, 3.05) is 24.6 Å². The van der Waals surface area contributed by atoms with Crippen molar-refractivity contribution in [2.45, 2.75) is 81.5 Å². The van der Waals surface area contributed by atoms with Crippen LogP contribution >= 0.6 is 11.6 Å². The molecule has 1 aromatic heterocycles. The molecule has 3 aromatic rings. The van der Waals surface area contributed by atoms with E-state index in [9.17, 15) is 18.3 Å². The summed E-state index contributed by atoms with van der Waals surface area (Å²) in [5.41, 5.74) is 2.07. The van der Waals surface area contributed by atoms with Gasteiger partial charge in [0, 0.05) is 48.5 Å². The molecule has 2 aliphatic heterocycles. The third-order valence-electron chi connectivity index (χ3n) is 11.7. The fourth-order valence-corrected chi connectivity index (χ4v) is 10.2. The quantitative estimate of drug-likeness (QED) is 0.338. The maximum atomic E-state index is 13.5. The number of sulfonamides is 1. The molecule has 6 atom stereocenters. The van der Waals surface area contributed by atoms with E-state index in [2.05, 4.69) is 26.7 Å². The number of fused-ring (bicyclic) bond motifs is 4. The molecule has 0 unspecified atom stereocenters. The zero-order valence-electron chi connectivity index (χ0n) is 27.4. The molecule has 9 nitrogen and oxygen atoms in total. The van der Waals surface area contributed by atoms with Crippen molar-refractivity contribution in [1.29, 1.82) is 0 Å². The first-order valence-corrected chi connectivity index (χ1v) is 18.9. The molecule has 2 aromatic carbocycles. The van der Waals surface area contributed by atoms with E-state index >= 15 is 0 Å². The van der Waals surface area contributed by atoms with Crippen LogP contribution < -0.4 is 14.4 Å². The minimum absolute atomic E-state index is 0.0273. The molecule has 11 heteroatoms. The second-order valence-corrected chi connectivity index (χ2v) is 17.0. The van der Waals surface area contributed by atoms with Crippen LogP contribution in [0, 0.1) is 17.8 Å². The van der Waals surface area contributed by atoms with E-state index < -0.39 is 26.8 Å². The molecule has 2 N–H and O–H groups in total. The molecule has 2 bridgehead atoms. The number of aromatic nitrogens is 2. The second kappa shape index (κ2) is 12.1. The minimum Gasteiger partial charge on any atom is -0.490 e. The summed E-state index contributed by atoms with van der Waals surface area (Å²) in [5.74, 6) is 0.610. The summed E-state index contributed by atoms with van der Waals surface area (Å²) >= 11 is 6.44. The molecule has 2 aliphatic carbocycles. The summed E-state index contributed by atoms with van der Waals surface area (Å²) in [6, 6.07) is 11.4. The van der Waals surface area contributed by atoms with Crippen LogP contribution in [0.4, 0.5) is 5.69 Å². The lowest BCUT2D eigenvalue weighted by Crippen LogP contribution is -2.52. The molecule has 47 heavy (non-hydrogen) atoms. The third-order valence-corrected chi connectivity index (χ3v) is 13.9. The van der Waals surface area contributed by atoms with Gasteiger partial charge >= 0.3 is 0 Å². The summed E-state index contributed by atoms with van der Waals surface area (Å²) < 4.78 is 37.7. The highest BCUT2D eigenvalue weighted by molar-refractivity contribution is 7.90. The van der Waals surface area contributed by atoms with Crippen molar-refractivity contribution < 1.29 is 23.1 Å². The number of hydrogen-bond acceptors (Lipinski definition) is 7. The van der Waals surface area contributed by atoms with E-state index in [-0.39, 0.29) is 28.7 Å². The van der Waals surface area contributed by atoms with Crippen molar-refractivity contribution in [3.8, 4) is 5.75 Å². The average molecular weight is 681 g/mol. The molecule has 252 valence electrons. The number of carbonyl (C=O) groups excluding carboxylic acids is 1. The van der Waals surface area contributed by atoms with Gasteiger partial charge < -0.3 is 19.3 Å². The number of amides is 1. The van der Waals surface area contributed by atoms with E-state index in [1.807, 2.05) is 30.8 Å². The van der Waals surface area contributed by atoms with Crippen LogP contribution in [0.15, 0.2) is 48.8 Å². The molecule has 1 amide bonds. The number of carbonyl (C=O) groups is 1. The van der Waals surface area contributed by atoms with Gasteiger partial charge in [0.2, 0.25) is 10.0 Å². The van der Waals surface area contributed by atoms with Gasteiger partial charge in [0.05, 0.1) is 17.5 Å². The van der Waals surface area contributed by atoms with Gasteiger partial charge in [0.15, 0.2) is 0 Å². The number of nitrogens with zero attached hydrogens (tertiary/aromatic N) is 3. The minimum atomic E-state index is -3.96. The van der Waals surface area contributed by atoms with E-state index in [1.54, 1.807) is 31.3 Å². The Hall–Kier alpha value is -3.08. The van der Waals surface area contributed by atoms with Crippen molar-refractivity contribution in [3.05, 3.63) is 76.3 Å². The summed E-state index contributed by atoms with van der Waals surface area (Å²) in [4.78, 5) is 20.5. The molecule has 1 saturated carbocycles. The highest BCUT2D eigenvalue weighted by atomic mass is 35.5. The van der Waals surface area contributed by atoms with Gasteiger partial charge in [-0.3, -0.25) is 4.79 Å². The van der Waals surface area contributed by atoms with Crippen molar-refractivity contribution >= 4 is 33.2 Å². The third kappa shape index (κ3) is 5.74. The molecule has 0 saturated heterocycles. The van der Waals surface area contributed by atoms with Crippen LogP contribution in [-0.2, 0) is 34.5 Å². The van der Waals surface area contributed by atoms with Crippen molar-refractivity contribution in [2.24, 2.45) is 24.8 Å². The molecule has 1 spiro atoms. The molecule has 4 aliphatic rings. The second-order valence-electron chi connectivity index (χ2n) is 14.6. The Labute approximate surface area is 282 Å². The molecule has 0 radical (unpaired) electrons. The fraction of sp³-hybridized carbons (Fsp3) is 0.556. The fourth-order valence-electron chi connectivity index (χ4n) is 8.72. The first-order chi connectivity index (χ1) is 22.4. The largest absolute Gasteiger partial charge is 0.490 e. The molecule has 7 rings (SSSR count). The molecule has 1 fully saturated rings. The predicted molar refractivity (Wildman–Crippen MR) is 182 cm³/mol. The van der Waals surface area contributed by atoms with E-state index in [4.69, 9.17) is 16.3 Å². The van der Waals surface area contributed by atoms with Crippen LogP contribution in [0.5, 0.6) is 5.75 Å². The number of rotatable bonds is 1. The maximum Gasteiger partial charge on any atom is 0.264 e. The van der Waals surface area contributed by atoms with Gasteiger partial charge in [0.25, 0.3) is 5.91 Å². The molecule has 3 heterocycles. The number of aryl methyl sites for hydroxylation is 2. The summed E-state index contributed by atoms with van der Waals surface area (Å²) in [7, 11) is -2.03.